The van der Waals surface area contributed by atoms with Gasteiger partial charge in [-0.15, -0.1) is 0 Å². The molecule has 84 valence electrons. The van der Waals surface area contributed by atoms with E-state index in [1.165, 1.54) is 19.3 Å². The summed E-state index contributed by atoms with van der Waals surface area (Å²) in [4.78, 5) is 0. The molecule has 0 bridgehead atoms. The minimum Gasteiger partial charge on any atom is -0.377 e. The van der Waals surface area contributed by atoms with Crippen LogP contribution in [0.4, 0.5) is 0 Å². The first-order valence-electron chi connectivity index (χ1n) is 5.91. The molecule has 1 fully saturated rings. The molecular weight excluding hydrogens is 174 g/mol. The average Bonchev–Trinajstić information content (AvgIpc) is 2.49. The lowest BCUT2D eigenvalue weighted by molar-refractivity contribution is 0.0265. The maximum atomic E-state index is 5.77. The molecule has 1 atom stereocenters. The smallest absolute Gasteiger partial charge is 0.0651 e. The Morgan fingerprint density at radius 1 is 1.29 bits per heavy atom. The van der Waals surface area contributed by atoms with Gasteiger partial charge in [0.2, 0.25) is 0 Å². The fourth-order valence-electron chi connectivity index (χ4n) is 2.33. The molecule has 0 saturated carbocycles. The van der Waals surface area contributed by atoms with E-state index in [9.17, 15) is 0 Å². The Morgan fingerprint density at radius 3 is 2.43 bits per heavy atom. The van der Waals surface area contributed by atoms with Gasteiger partial charge in [-0.05, 0) is 45.6 Å². The molecule has 1 rings (SSSR count). The highest BCUT2D eigenvalue weighted by Crippen LogP contribution is 2.27. The molecule has 1 aliphatic rings. The van der Waals surface area contributed by atoms with Crippen molar-refractivity contribution >= 4 is 0 Å². The number of hydrogen-bond donors (Lipinski definition) is 1. The molecule has 1 unspecified atom stereocenters. The fourth-order valence-corrected chi connectivity index (χ4v) is 2.33. The number of ether oxygens (including phenoxy) is 1. The van der Waals surface area contributed by atoms with E-state index in [0.717, 1.165) is 19.1 Å². The largest absolute Gasteiger partial charge is 0.377 e. The maximum absolute atomic E-state index is 5.77. The highest BCUT2D eigenvalue weighted by atomic mass is 16.5. The Morgan fingerprint density at radius 2 is 2.00 bits per heavy atom. The summed E-state index contributed by atoms with van der Waals surface area (Å²) in [6.07, 6.45) is 4.16. The van der Waals surface area contributed by atoms with Gasteiger partial charge in [0.05, 0.1) is 12.7 Å². The van der Waals surface area contributed by atoms with E-state index in [1.807, 2.05) is 0 Å². The number of rotatable bonds is 5. The van der Waals surface area contributed by atoms with E-state index in [0.29, 0.717) is 6.10 Å². The van der Waals surface area contributed by atoms with Gasteiger partial charge in [-0.1, -0.05) is 13.8 Å². The van der Waals surface area contributed by atoms with Gasteiger partial charge in [-0.3, -0.25) is 0 Å². The molecule has 1 aliphatic heterocycles. The second-order valence-electron chi connectivity index (χ2n) is 5.27. The molecule has 14 heavy (non-hydrogen) atoms. The van der Waals surface area contributed by atoms with Crippen molar-refractivity contribution in [1.82, 2.24) is 5.32 Å². The topological polar surface area (TPSA) is 21.3 Å². The molecule has 0 aromatic heterocycles. The van der Waals surface area contributed by atoms with Gasteiger partial charge in [-0.2, -0.15) is 0 Å². The lowest BCUT2D eigenvalue weighted by Gasteiger charge is -2.32. The SMILES string of the molecule is CC(C)CC1(COC(C)C)CCCN1. The van der Waals surface area contributed by atoms with Crippen LogP contribution < -0.4 is 5.32 Å². The Kier molecular flexibility index (Phi) is 4.39. The van der Waals surface area contributed by atoms with E-state index in [2.05, 4.69) is 33.0 Å². The van der Waals surface area contributed by atoms with Gasteiger partial charge in [0.25, 0.3) is 0 Å². The first kappa shape index (κ1) is 12.0. The van der Waals surface area contributed by atoms with Gasteiger partial charge in [0.1, 0.15) is 0 Å². The third kappa shape index (κ3) is 3.58. The van der Waals surface area contributed by atoms with Crippen molar-refractivity contribution in [3.63, 3.8) is 0 Å². The molecule has 2 heteroatoms. The molecule has 0 spiro atoms. The van der Waals surface area contributed by atoms with Gasteiger partial charge < -0.3 is 10.1 Å². The molecule has 1 N–H and O–H groups in total. The van der Waals surface area contributed by atoms with E-state index in [4.69, 9.17) is 4.74 Å². The Bertz CT molecular complexity index is 160. The lowest BCUT2D eigenvalue weighted by atomic mass is 9.88. The van der Waals surface area contributed by atoms with Crippen LogP contribution in [0.5, 0.6) is 0 Å². The molecule has 0 aromatic carbocycles. The molecule has 0 aliphatic carbocycles. The van der Waals surface area contributed by atoms with Crippen LogP contribution in [0.25, 0.3) is 0 Å². The van der Waals surface area contributed by atoms with E-state index < -0.39 is 0 Å². The Balaban J connectivity index is 2.44. The van der Waals surface area contributed by atoms with Crippen molar-refractivity contribution in [3.8, 4) is 0 Å². The minimum atomic E-state index is 0.276. The molecular formula is C12H25NO. The quantitative estimate of drug-likeness (QED) is 0.735. The van der Waals surface area contributed by atoms with Gasteiger partial charge in [-0.25, -0.2) is 0 Å². The van der Waals surface area contributed by atoms with Gasteiger partial charge in [0.15, 0.2) is 0 Å². The zero-order valence-corrected chi connectivity index (χ0v) is 10.1. The summed E-state index contributed by atoms with van der Waals surface area (Å²) < 4.78 is 5.77. The Labute approximate surface area is 88.4 Å². The first-order chi connectivity index (χ1) is 6.54. The van der Waals surface area contributed by atoms with Crippen molar-refractivity contribution in [2.24, 2.45) is 5.92 Å². The first-order valence-corrected chi connectivity index (χ1v) is 5.91. The van der Waals surface area contributed by atoms with Gasteiger partial charge >= 0.3 is 0 Å². The van der Waals surface area contributed by atoms with E-state index >= 15 is 0 Å². The molecule has 1 heterocycles. The normalized spacial score (nSPS) is 27.9. The average molecular weight is 199 g/mol. The molecule has 0 aromatic rings. The zero-order chi connectivity index (χ0) is 10.6. The Hall–Kier alpha value is -0.0800. The summed E-state index contributed by atoms with van der Waals surface area (Å²) in [7, 11) is 0. The van der Waals surface area contributed by atoms with E-state index in [-0.39, 0.29) is 5.54 Å². The lowest BCUT2D eigenvalue weighted by Crippen LogP contribution is -2.45. The highest BCUT2D eigenvalue weighted by molar-refractivity contribution is 4.93. The van der Waals surface area contributed by atoms with Crippen molar-refractivity contribution < 1.29 is 4.74 Å². The summed E-state index contributed by atoms with van der Waals surface area (Å²) in [5.41, 5.74) is 0.276. The summed E-state index contributed by atoms with van der Waals surface area (Å²) in [5.74, 6) is 0.747. The van der Waals surface area contributed by atoms with E-state index in [1.54, 1.807) is 0 Å². The van der Waals surface area contributed by atoms with Crippen molar-refractivity contribution in [3.05, 3.63) is 0 Å². The van der Waals surface area contributed by atoms with Crippen LogP contribution in [0.15, 0.2) is 0 Å². The summed E-state index contributed by atoms with van der Waals surface area (Å²) in [5, 5.41) is 3.63. The van der Waals surface area contributed by atoms with Crippen LogP contribution in [0.3, 0.4) is 0 Å². The third-order valence-corrected chi connectivity index (χ3v) is 2.82. The van der Waals surface area contributed by atoms with Crippen molar-refractivity contribution in [2.75, 3.05) is 13.2 Å². The summed E-state index contributed by atoms with van der Waals surface area (Å²) >= 11 is 0. The van der Waals surface area contributed by atoms with Crippen LogP contribution in [0, 0.1) is 5.92 Å². The van der Waals surface area contributed by atoms with Crippen LogP contribution >= 0.6 is 0 Å². The molecule has 2 nitrogen and oxygen atoms in total. The van der Waals surface area contributed by atoms with Gasteiger partial charge in [0, 0.05) is 5.54 Å². The second-order valence-corrected chi connectivity index (χ2v) is 5.27. The predicted molar refractivity (Wildman–Crippen MR) is 60.5 cm³/mol. The molecule has 0 radical (unpaired) electrons. The third-order valence-electron chi connectivity index (χ3n) is 2.82. The number of nitrogens with one attached hydrogen (secondary N) is 1. The summed E-state index contributed by atoms with van der Waals surface area (Å²) in [6, 6.07) is 0. The highest BCUT2D eigenvalue weighted by Gasteiger charge is 2.34. The zero-order valence-electron chi connectivity index (χ0n) is 10.1. The summed E-state index contributed by atoms with van der Waals surface area (Å²) in [6.45, 7) is 10.8. The van der Waals surface area contributed by atoms with Crippen LogP contribution in [0.2, 0.25) is 0 Å². The predicted octanol–water partition coefficient (Wildman–Crippen LogP) is 2.58. The van der Waals surface area contributed by atoms with Crippen molar-refractivity contribution in [2.45, 2.75) is 58.6 Å². The van der Waals surface area contributed by atoms with Crippen LogP contribution in [-0.2, 0) is 4.74 Å². The molecule has 1 saturated heterocycles. The second kappa shape index (κ2) is 5.13. The van der Waals surface area contributed by atoms with Crippen LogP contribution in [-0.4, -0.2) is 24.8 Å². The standard InChI is InChI=1S/C12H25NO/c1-10(2)8-12(6-5-7-13-12)9-14-11(3)4/h10-11,13H,5-9H2,1-4H3. The minimum absolute atomic E-state index is 0.276. The fraction of sp³-hybridized carbons (Fsp3) is 1.00. The van der Waals surface area contributed by atoms with Crippen molar-refractivity contribution in [1.29, 1.82) is 0 Å². The number of hydrogen-bond acceptors (Lipinski definition) is 2. The maximum Gasteiger partial charge on any atom is 0.0651 e. The van der Waals surface area contributed by atoms with Crippen LogP contribution in [0.1, 0.15) is 47.0 Å². The molecule has 0 amide bonds. The monoisotopic (exact) mass is 199 g/mol.